The summed E-state index contributed by atoms with van der Waals surface area (Å²) < 4.78 is 5.08. The molecule has 2 N–H and O–H groups in total. The number of nitrogens with one attached hydrogen (secondary N) is 2. The number of hydrogen-bond donors (Lipinski definition) is 2. The first-order valence-electron chi connectivity index (χ1n) is 5.55. The SMILES string of the molecule is COc1ccc(CN=C2C=CNC(=C=O)N2)cc1Cl. The number of rotatable bonds is 3. The Hall–Kier alpha value is -2.23. The Balaban J connectivity index is 2.10. The molecule has 0 bridgehead atoms. The number of carbonyl (C=O) groups excluding carboxylic acids is 1. The van der Waals surface area contributed by atoms with Crippen molar-refractivity contribution in [3.8, 4) is 5.75 Å². The maximum Gasteiger partial charge on any atom is 0.196 e. The van der Waals surface area contributed by atoms with E-state index in [4.69, 9.17) is 16.3 Å². The summed E-state index contributed by atoms with van der Waals surface area (Å²) in [5.41, 5.74) is 0.948. The van der Waals surface area contributed by atoms with Crippen LogP contribution >= 0.6 is 11.6 Å². The Kier molecular flexibility index (Phi) is 4.23. The molecule has 0 amide bonds. The highest BCUT2D eigenvalue weighted by Gasteiger charge is 2.05. The first-order valence-corrected chi connectivity index (χ1v) is 5.93. The van der Waals surface area contributed by atoms with Crippen molar-refractivity contribution in [2.75, 3.05) is 7.11 Å². The van der Waals surface area contributed by atoms with Crippen molar-refractivity contribution in [2.24, 2.45) is 4.99 Å². The molecule has 0 unspecified atom stereocenters. The van der Waals surface area contributed by atoms with Crippen LogP contribution in [0.5, 0.6) is 5.75 Å². The molecule has 1 aliphatic rings. The fourth-order valence-electron chi connectivity index (χ4n) is 1.54. The number of nitrogens with zero attached hydrogens (tertiary/aromatic N) is 1. The number of halogens is 1. The second-order valence-electron chi connectivity index (χ2n) is 3.75. The maximum atomic E-state index is 10.5. The van der Waals surface area contributed by atoms with E-state index in [1.807, 2.05) is 6.07 Å². The Morgan fingerprint density at radius 3 is 3.00 bits per heavy atom. The molecule has 0 spiro atoms. The lowest BCUT2D eigenvalue weighted by Gasteiger charge is -2.12. The lowest BCUT2D eigenvalue weighted by atomic mass is 10.2. The van der Waals surface area contributed by atoms with Crippen molar-refractivity contribution in [1.82, 2.24) is 10.6 Å². The fourth-order valence-corrected chi connectivity index (χ4v) is 1.82. The van der Waals surface area contributed by atoms with Gasteiger partial charge in [-0.3, -0.25) is 4.99 Å². The lowest BCUT2D eigenvalue weighted by molar-refractivity contribution is 0.415. The predicted octanol–water partition coefficient (Wildman–Crippen LogP) is 1.63. The molecule has 1 aromatic carbocycles. The molecule has 0 saturated carbocycles. The van der Waals surface area contributed by atoms with E-state index < -0.39 is 0 Å². The Morgan fingerprint density at radius 2 is 2.32 bits per heavy atom. The van der Waals surface area contributed by atoms with Gasteiger partial charge in [0.1, 0.15) is 11.6 Å². The van der Waals surface area contributed by atoms with Gasteiger partial charge < -0.3 is 15.4 Å². The van der Waals surface area contributed by atoms with E-state index in [0.29, 0.717) is 23.2 Å². The smallest absolute Gasteiger partial charge is 0.196 e. The third-order valence-electron chi connectivity index (χ3n) is 2.47. The van der Waals surface area contributed by atoms with E-state index in [0.717, 1.165) is 5.56 Å². The molecule has 0 atom stereocenters. The minimum absolute atomic E-state index is 0.244. The van der Waals surface area contributed by atoms with Gasteiger partial charge in [0.25, 0.3) is 0 Å². The molecule has 1 aliphatic heterocycles. The van der Waals surface area contributed by atoms with Crippen LogP contribution in [0.3, 0.4) is 0 Å². The highest BCUT2D eigenvalue weighted by molar-refractivity contribution is 6.32. The lowest BCUT2D eigenvalue weighted by Crippen LogP contribution is -2.32. The zero-order valence-electron chi connectivity index (χ0n) is 10.2. The van der Waals surface area contributed by atoms with Gasteiger partial charge in [-0.1, -0.05) is 17.7 Å². The number of amidine groups is 1. The van der Waals surface area contributed by atoms with Crippen LogP contribution in [0, 0.1) is 0 Å². The minimum Gasteiger partial charge on any atom is -0.495 e. The number of benzene rings is 1. The standard InChI is InChI=1S/C13H12ClN3O2/c1-19-11-3-2-9(6-10(11)14)7-16-12-4-5-15-13(8-18)17-12/h2-6,15H,7H2,1H3,(H,16,17). The van der Waals surface area contributed by atoms with Gasteiger partial charge in [-0.2, -0.15) is 0 Å². The van der Waals surface area contributed by atoms with Gasteiger partial charge in [-0.15, -0.1) is 0 Å². The highest BCUT2D eigenvalue weighted by atomic mass is 35.5. The molecule has 19 heavy (non-hydrogen) atoms. The van der Waals surface area contributed by atoms with E-state index in [1.54, 1.807) is 37.5 Å². The molecule has 1 heterocycles. The molecule has 0 saturated heterocycles. The summed E-state index contributed by atoms with van der Waals surface area (Å²) in [7, 11) is 1.57. The maximum absolute atomic E-state index is 10.5. The van der Waals surface area contributed by atoms with Gasteiger partial charge >= 0.3 is 0 Å². The summed E-state index contributed by atoms with van der Waals surface area (Å²) in [5.74, 6) is 3.19. The van der Waals surface area contributed by atoms with Crippen LogP contribution in [0.15, 0.2) is 41.3 Å². The quantitative estimate of drug-likeness (QED) is 0.825. The van der Waals surface area contributed by atoms with Crippen LogP contribution < -0.4 is 15.4 Å². The molecule has 0 radical (unpaired) electrons. The Labute approximate surface area is 115 Å². The van der Waals surface area contributed by atoms with Crippen molar-refractivity contribution < 1.29 is 9.53 Å². The Bertz CT molecular complexity index is 590. The highest BCUT2D eigenvalue weighted by Crippen LogP contribution is 2.25. The summed E-state index contributed by atoms with van der Waals surface area (Å²) in [6, 6.07) is 5.47. The van der Waals surface area contributed by atoms with E-state index >= 15 is 0 Å². The van der Waals surface area contributed by atoms with Crippen LogP contribution in [-0.4, -0.2) is 18.9 Å². The molecule has 0 aromatic heterocycles. The molecule has 0 fully saturated rings. The van der Waals surface area contributed by atoms with Crippen molar-refractivity contribution in [1.29, 1.82) is 0 Å². The summed E-state index contributed by atoms with van der Waals surface area (Å²) >= 11 is 6.03. The van der Waals surface area contributed by atoms with Crippen molar-refractivity contribution >= 4 is 23.4 Å². The predicted molar refractivity (Wildman–Crippen MR) is 73.8 cm³/mol. The van der Waals surface area contributed by atoms with E-state index in [9.17, 15) is 4.79 Å². The molecule has 0 aliphatic carbocycles. The van der Waals surface area contributed by atoms with Gasteiger partial charge in [0.2, 0.25) is 0 Å². The largest absolute Gasteiger partial charge is 0.495 e. The second kappa shape index (κ2) is 6.09. The second-order valence-corrected chi connectivity index (χ2v) is 4.16. The third-order valence-corrected chi connectivity index (χ3v) is 2.77. The molecule has 2 rings (SSSR count). The molecule has 5 nitrogen and oxygen atoms in total. The average molecular weight is 278 g/mol. The number of methoxy groups -OCH3 is 1. The van der Waals surface area contributed by atoms with Crippen LogP contribution in [0.1, 0.15) is 5.56 Å². The van der Waals surface area contributed by atoms with Crippen LogP contribution in [0.4, 0.5) is 0 Å². The van der Waals surface area contributed by atoms with Crippen molar-refractivity contribution in [2.45, 2.75) is 6.54 Å². The fraction of sp³-hybridized carbons (Fsp3) is 0.154. The van der Waals surface area contributed by atoms with Gasteiger partial charge in [0, 0.05) is 6.20 Å². The zero-order chi connectivity index (χ0) is 13.7. The molecule has 6 heteroatoms. The molecular weight excluding hydrogens is 266 g/mol. The van der Waals surface area contributed by atoms with Gasteiger partial charge in [-0.25, -0.2) is 4.79 Å². The third kappa shape index (κ3) is 3.37. The molecular formula is C13H12ClN3O2. The van der Waals surface area contributed by atoms with E-state index in [2.05, 4.69) is 15.6 Å². The van der Waals surface area contributed by atoms with Crippen LogP contribution in [-0.2, 0) is 11.3 Å². The van der Waals surface area contributed by atoms with Crippen LogP contribution in [0.2, 0.25) is 5.02 Å². The normalized spacial score (nSPS) is 15.7. The van der Waals surface area contributed by atoms with Crippen LogP contribution in [0.25, 0.3) is 0 Å². The van der Waals surface area contributed by atoms with Crippen molar-refractivity contribution in [3.05, 3.63) is 46.9 Å². The monoisotopic (exact) mass is 277 g/mol. The summed E-state index contributed by atoms with van der Waals surface area (Å²) in [6.45, 7) is 0.447. The van der Waals surface area contributed by atoms with Crippen molar-refractivity contribution in [3.63, 3.8) is 0 Å². The van der Waals surface area contributed by atoms with Gasteiger partial charge in [0.15, 0.2) is 11.8 Å². The average Bonchev–Trinajstić information content (AvgIpc) is 2.45. The number of ether oxygens (including phenoxy) is 1. The zero-order valence-corrected chi connectivity index (χ0v) is 11.0. The summed E-state index contributed by atoms with van der Waals surface area (Å²) in [5, 5.41) is 6.05. The van der Waals surface area contributed by atoms with E-state index in [-0.39, 0.29) is 5.82 Å². The number of hydrogen-bond acceptors (Lipinski definition) is 4. The summed E-state index contributed by atoms with van der Waals surface area (Å²) in [4.78, 5) is 14.8. The van der Waals surface area contributed by atoms with Gasteiger partial charge in [0.05, 0.1) is 18.7 Å². The van der Waals surface area contributed by atoms with E-state index in [1.165, 1.54) is 0 Å². The molecule has 98 valence electrons. The topological polar surface area (TPSA) is 62.7 Å². The molecule has 1 aromatic rings. The number of aliphatic imine (C=N–C) groups is 1. The Morgan fingerprint density at radius 1 is 1.47 bits per heavy atom. The minimum atomic E-state index is 0.244. The summed E-state index contributed by atoms with van der Waals surface area (Å²) in [6.07, 6.45) is 3.35. The first-order chi connectivity index (χ1) is 9.22. The first kappa shape index (κ1) is 13.2. The van der Waals surface area contributed by atoms with Gasteiger partial charge in [-0.05, 0) is 23.8 Å².